The molecule has 0 radical (unpaired) electrons. The summed E-state index contributed by atoms with van der Waals surface area (Å²) in [5, 5.41) is 0. The van der Waals surface area contributed by atoms with Crippen LogP contribution in [-0.2, 0) is 9.59 Å². The molecule has 1 saturated heterocycles. The third kappa shape index (κ3) is 4.15. The summed E-state index contributed by atoms with van der Waals surface area (Å²) in [6.07, 6.45) is 1.81. The van der Waals surface area contributed by atoms with Crippen molar-refractivity contribution in [3.8, 4) is 5.75 Å². The zero-order valence-electron chi connectivity index (χ0n) is 17.2. The van der Waals surface area contributed by atoms with E-state index in [4.69, 9.17) is 4.74 Å². The van der Waals surface area contributed by atoms with Gasteiger partial charge < -0.3 is 14.5 Å². The zero-order valence-corrected chi connectivity index (χ0v) is 17.2. The van der Waals surface area contributed by atoms with Gasteiger partial charge in [-0.3, -0.25) is 19.3 Å². The van der Waals surface area contributed by atoms with Crippen molar-refractivity contribution in [3.63, 3.8) is 0 Å². The standard InChI is InChI=1S/C23H25N3O4/c1-16-3-5-17(6-4-16)23(29)25(18-7-8-18)14-21(27)24-13-22(28)26(15-24)19-9-11-20(30-2)12-10-19/h3-6,9-12,18H,7-8,13-15H2,1-2H3. The van der Waals surface area contributed by atoms with E-state index in [0.717, 1.165) is 18.4 Å². The van der Waals surface area contributed by atoms with Gasteiger partial charge in [-0.05, 0) is 56.2 Å². The Kier molecular flexibility index (Phi) is 5.44. The Morgan fingerprint density at radius 3 is 2.33 bits per heavy atom. The van der Waals surface area contributed by atoms with Crippen molar-refractivity contribution >= 4 is 23.4 Å². The van der Waals surface area contributed by atoms with Crippen LogP contribution >= 0.6 is 0 Å². The van der Waals surface area contributed by atoms with Gasteiger partial charge in [0.05, 0.1) is 7.11 Å². The van der Waals surface area contributed by atoms with Crippen LogP contribution in [0.15, 0.2) is 48.5 Å². The molecule has 1 heterocycles. The van der Waals surface area contributed by atoms with Gasteiger partial charge in [-0.15, -0.1) is 0 Å². The van der Waals surface area contributed by atoms with Crippen molar-refractivity contribution in [1.82, 2.24) is 9.80 Å². The van der Waals surface area contributed by atoms with Gasteiger partial charge in [0.15, 0.2) is 0 Å². The lowest BCUT2D eigenvalue weighted by molar-refractivity contribution is -0.132. The molecule has 0 N–H and O–H groups in total. The van der Waals surface area contributed by atoms with Crippen LogP contribution in [0.2, 0.25) is 0 Å². The van der Waals surface area contributed by atoms with Crippen molar-refractivity contribution in [2.75, 3.05) is 31.8 Å². The van der Waals surface area contributed by atoms with Crippen molar-refractivity contribution in [3.05, 3.63) is 59.7 Å². The van der Waals surface area contributed by atoms with Gasteiger partial charge in [-0.2, -0.15) is 0 Å². The van der Waals surface area contributed by atoms with Crippen LogP contribution in [0.4, 0.5) is 5.69 Å². The Morgan fingerprint density at radius 1 is 1.07 bits per heavy atom. The van der Waals surface area contributed by atoms with E-state index < -0.39 is 0 Å². The largest absolute Gasteiger partial charge is 0.497 e. The summed E-state index contributed by atoms with van der Waals surface area (Å²) in [5.41, 5.74) is 2.37. The van der Waals surface area contributed by atoms with Gasteiger partial charge in [0.25, 0.3) is 5.91 Å². The van der Waals surface area contributed by atoms with Crippen LogP contribution in [0, 0.1) is 6.92 Å². The molecule has 156 valence electrons. The summed E-state index contributed by atoms with van der Waals surface area (Å²) >= 11 is 0. The quantitative estimate of drug-likeness (QED) is 0.738. The highest BCUT2D eigenvalue weighted by atomic mass is 16.5. The molecule has 2 fully saturated rings. The Bertz CT molecular complexity index is 951. The Morgan fingerprint density at radius 2 is 1.73 bits per heavy atom. The number of hydrogen-bond donors (Lipinski definition) is 0. The summed E-state index contributed by atoms with van der Waals surface area (Å²) in [7, 11) is 1.58. The van der Waals surface area contributed by atoms with Gasteiger partial charge in [0.2, 0.25) is 11.8 Å². The van der Waals surface area contributed by atoms with Crippen molar-refractivity contribution in [2.45, 2.75) is 25.8 Å². The number of hydrogen-bond acceptors (Lipinski definition) is 4. The maximum Gasteiger partial charge on any atom is 0.254 e. The third-order valence-corrected chi connectivity index (χ3v) is 5.53. The molecule has 2 aliphatic rings. The molecule has 4 rings (SSSR count). The smallest absolute Gasteiger partial charge is 0.254 e. The van der Waals surface area contributed by atoms with E-state index in [1.54, 1.807) is 53.3 Å². The van der Waals surface area contributed by atoms with E-state index >= 15 is 0 Å². The first kappa shape index (κ1) is 19.9. The van der Waals surface area contributed by atoms with Crippen LogP contribution in [0.25, 0.3) is 0 Å². The first-order valence-electron chi connectivity index (χ1n) is 10.1. The van der Waals surface area contributed by atoms with E-state index in [2.05, 4.69) is 0 Å². The molecule has 1 aliphatic heterocycles. The fourth-order valence-corrected chi connectivity index (χ4v) is 3.56. The number of carbonyl (C=O) groups excluding carboxylic acids is 3. The van der Waals surface area contributed by atoms with Gasteiger partial charge in [-0.1, -0.05) is 17.7 Å². The minimum absolute atomic E-state index is 0.0128. The van der Waals surface area contributed by atoms with E-state index in [9.17, 15) is 14.4 Å². The molecule has 0 bridgehead atoms. The minimum atomic E-state index is -0.216. The zero-order chi connectivity index (χ0) is 21.3. The number of amides is 3. The number of rotatable bonds is 6. The minimum Gasteiger partial charge on any atom is -0.497 e. The number of carbonyl (C=O) groups is 3. The Hall–Kier alpha value is -3.35. The SMILES string of the molecule is COc1ccc(N2CN(C(=O)CN(C(=O)c3ccc(C)cc3)C3CC3)CC2=O)cc1. The molecule has 0 unspecified atom stereocenters. The third-order valence-electron chi connectivity index (χ3n) is 5.53. The second-order valence-corrected chi connectivity index (χ2v) is 7.78. The van der Waals surface area contributed by atoms with Crippen LogP contribution in [0.3, 0.4) is 0 Å². The number of anilines is 1. The van der Waals surface area contributed by atoms with Crippen molar-refractivity contribution < 1.29 is 19.1 Å². The fourth-order valence-electron chi connectivity index (χ4n) is 3.56. The first-order chi connectivity index (χ1) is 14.5. The topological polar surface area (TPSA) is 70.2 Å². The van der Waals surface area contributed by atoms with Gasteiger partial charge in [0, 0.05) is 17.3 Å². The summed E-state index contributed by atoms with van der Waals surface area (Å²) in [6.45, 7) is 2.15. The van der Waals surface area contributed by atoms with Gasteiger partial charge >= 0.3 is 0 Å². The lowest BCUT2D eigenvalue weighted by atomic mass is 10.1. The molecule has 0 aromatic heterocycles. The number of aryl methyl sites for hydroxylation is 1. The molecule has 0 atom stereocenters. The normalized spacial score (nSPS) is 16.0. The van der Waals surface area contributed by atoms with Crippen molar-refractivity contribution in [1.29, 1.82) is 0 Å². The number of methoxy groups -OCH3 is 1. The van der Waals surface area contributed by atoms with Crippen LogP contribution in [-0.4, -0.2) is 60.4 Å². The molecule has 7 nitrogen and oxygen atoms in total. The number of ether oxygens (including phenoxy) is 1. The highest BCUT2D eigenvalue weighted by molar-refractivity contribution is 6.01. The molecule has 2 aromatic rings. The number of benzene rings is 2. The molecular weight excluding hydrogens is 382 g/mol. The average molecular weight is 407 g/mol. The summed E-state index contributed by atoms with van der Waals surface area (Å²) in [6, 6.07) is 14.6. The van der Waals surface area contributed by atoms with Gasteiger partial charge in [0.1, 0.15) is 25.5 Å². The molecule has 0 spiro atoms. The predicted octanol–water partition coefficient (Wildman–Crippen LogP) is 2.44. The highest BCUT2D eigenvalue weighted by Crippen LogP contribution is 2.29. The maximum absolute atomic E-state index is 13.0. The van der Waals surface area contributed by atoms with E-state index in [1.165, 1.54) is 4.90 Å². The molecule has 3 amide bonds. The molecular formula is C23H25N3O4. The van der Waals surface area contributed by atoms with E-state index in [-0.39, 0.29) is 43.5 Å². The molecule has 1 aliphatic carbocycles. The molecule has 7 heteroatoms. The van der Waals surface area contributed by atoms with Crippen LogP contribution < -0.4 is 9.64 Å². The highest BCUT2D eigenvalue weighted by Gasteiger charge is 2.37. The monoisotopic (exact) mass is 407 g/mol. The average Bonchev–Trinajstić information content (AvgIpc) is 3.53. The van der Waals surface area contributed by atoms with Crippen LogP contribution in [0.5, 0.6) is 5.75 Å². The fraction of sp³-hybridized carbons (Fsp3) is 0.348. The summed E-state index contributed by atoms with van der Waals surface area (Å²) in [4.78, 5) is 43.1. The summed E-state index contributed by atoms with van der Waals surface area (Å²) in [5.74, 6) is 0.208. The van der Waals surface area contributed by atoms with Crippen molar-refractivity contribution in [2.24, 2.45) is 0 Å². The lowest BCUT2D eigenvalue weighted by Crippen LogP contribution is -2.43. The molecule has 30 heavy (non-hydrogen) atoms. The summed E-state index contributed by atoms with van der Waals surface area (Å²) < 4.78 is 5.15. The first-order valence-corrected chi connectivity index (χ1v) is 10.1. The van der Waals surface area contributed by atoms with E-state index in [1.807, 2.05) is 19.1 Å². The Balaban J connectivity index is 1.43. The Labute approximate surface area is 175 Å². The number of nitrogens with zero attached hydrogens (tertiary/aromatic N) is 3. The second kappa shape index (κ2) is 8.18. The maximum atomic E-state index is 13.0. The predicted molar refractivity (Wildman–Crippen MR) is 112 cm³/mol. The molecule has 1 saturated carbocycles. The van der Waals surface area contributed by atoms with Crippen LogP contribution in [0.1, 0.15) is 28.8 Å². The van der Waals surface area contributed by atoms with E-state index in [0.29, 0.717) is 17.0 Å². The second-order valence-electron chi connectivity index (χ2n) is 7.78. The molecule has 2 aromatic carbocycles. The lowest BCUT2D eigenvalue weighted by Gasteiger charge is -2.25. The van der Waals surface area contributed by atoms with Gasteiger partial charge in [-0.25, -0.2) is 0 Å².